The Kier molecular flexibility index (Phi) is 9.68. The first-order valence-electron chi connectivity index (χ1n) is 8.84. The number of carbonyl (C=O) groups is 1. The average Bonchev–Trinajstić information content (AvgIpc) is 2.99. The molecular weight excluding hydrogens is 262 g/mol. The Morgan fingerprint density at radius 1 is 1.29 bits per heavy atom. The molecule has 4 heteroatoms. The van der Waals surface area contributed by atoms with Gasteiger partial charge in [0.25, 0.3) is 0 Å². The standard InChI is InChI=1S/C17H35N3O/c1-3-6-15(11-12-18)9-10-17(21)19-13-14-20(2)16-7-4-5-8-16/h15-16H,3-14,18H2,1-2H3,(H,19,21). The maximum Gasteiger partial charge on any atom is 0.220 e. The molecule has 0 heterocycles. The molecule has 1 aliphatic rings. The van der Waals surface area contributed by atoms with Crippen LogP contribution in [0.15, 0.2) is 0 Å². The number of nitrogens with one attached hydrogen (secondary N) is 1. The molecule has 0 saturated heterocycles. The Morgan fingerprint density at radius 2 is 2.00 bits per heavy atom. The molecule has 4 nitrogen and oxygen atoms in total. The van der Waals surface area contributed by atoms with Gasteiger partial charge in [-0.2, -0.15) is 0 Å². The van der Waals surface area contributed by atoms with E-state index in [2.05, 4.69) is 24.2 Å². The Balaban J connectivity index is 2.09. The number of nitrogens with two attached hydrogens (primary N) is 1. The van der Waals surface area contributed by atoms with Crippen molar-refractivity contribution in [3.05, 3.63) is 0 Å². The van der Waals surface area contributed by atoms with Crippen molar-refractivity contribution in [3.8, 4) is 0 Å². The lowest BCUT2D eigenvalue weighted by Gasteiger charge is -2.24. The Labute approximate surface area is 130 Å². The minimum absolute atomic E-state index is 0.202. The normalized spacial score (nSPS) is 17.3. The van der Waals surface area contributed by atoms with Gasteiger partial charge in [0.05, 0.1) is 0 Å². The van der Waals surface area contributed by atoms with Crippen molar-refractivity contribution in [2.45, 2.75) is 70.8 Å². The third kappa shape index (κ3) is 7.82. The van der Waals surface area contributed by atoms with E-state index in [1.165, 1.54) is 38.5 Å². The van der Waals surface area contributed by atoms with Gasteiger partial charge in [-0.05, 0) is 45.2 Å². The molecule has 0 spiro atoms. The van der Waals surface area contributed by atoms with Crippen LogP contribution < -0.4 is 11.1 Å². The van der Waals surface area contributed by atoms with Crippen LogP contribution in [0.1, 0.15) is 64.7 Å². The molecule has 1 atom stereocenters. The highest BCUT2D eigenvalue weighted by atomic mass is 16.1. The fourth-order valence-electron chi connectivity index (χ4n) is 3.40. The molecule has 0 aromatic heterocycles. The van der Waals surface area contributed by atoms with Crippen LogP contribution in [0.4, 0.5) is 0 Å². The van der Waals surface area contributed by atoms with Crippen molar-refractivity contribution in [1.29, 1.82) is 0 Å². The topological polar surface area (TPSA) is 58.4 Å². The molecule has 1 unspecified atom stereocenters. The lowest BCUT2D eigenvalue weighted by molar-refractivity contribution is -0.121. The van der Waals surface area contributed by atoms with Crippen molar-refractivity contribution in [2.75, 3.05) is 26.7 Å². The SMILES string of the molecule is CCCC(CCN)CCC(=O)NCCN(C)C1CCCC1. The molecular formula is C17H35N3O. The predicted molar refractivity (Wildman–Crippen MR) is 89.2 cm³/mol. The minimum atomic E-state index is 0.202. The molecule has 0 radical (unpaired) electrons. The molecule has 0 aromatic carbocycles. The molecule has 21 heavy (non-hydrogen) atoms. The summed E-state index contributed by atoms with van der Waals surface area (Å²) in [6.45, 7) is 4.68. The van der Waals surface area contributed by atoms with Gasteiger partial charge in [-0.25, -0.2) is 0 Å². The van der Waals surface area contributed by atoms with Crippen LogP contribution in [-0.2, 0) is 4.79 Å². The predicted octanol–water partition coefficient (Wildman–Crippen LogP) is 2.52. The van der Waals surface area contributed by atoms with Gasteiger partial charge in [0, 0.05) is 25.6 Å². The maximum absolute atomic E-state index is 11.9. The number of amides is 1. The third-order valence-electron chi connectivity index (χ3n) is 4.79. The zero-order valence-corrected chi connectivity index (χ0v) is 14.1. The van der Waals surface area contributed by atoms with E-state index in [0.717, 1.165) is 38.5 Å². The van der Waals surface area contributed by atoms with Gasteiger partial charge in [-0.1, -0.05) is 32.6 Å². The molecule has 0 aliphatic heterocycles. The van der Waals surface area contributed by atoms with Gasteiger partial charge in [0.2, 0.25) is 5.91 Å². The average molecular weight is 297 g/mol. The molecule has 1 aliphatic carbocycles. The van der Waals surface area contributed by atoms with Gasteiger partial charge in [0.15, 0.2) is 0 Å². The van der Waals surface area contributed by atoms with E-state index >= 15 is 0 Å². The van der Waals surface area contributed by atoms with Crippen LogP contribution >= 0.6 is 0 Å². The molecule has 1 amide bonds. The van der Waals surface area contributed by atoms with E-state index in [4.69, 9.17) is 5.73 Å². The van der Waals surface area contributed by atoms with Crippen molar-refractivity contribution < 1.29 is 4.79 Å². The molecule has 1 fully saturated rings. The second-order valence-corrected chi connectivity index (χ2v) is 6.54. The largest absolute Gasteiger partial charge is 0.355 e. The first-order valence-corrected chi connectivity index (χ1v) is 8.84. The molecule has 1 saturated carbocycles. The van der Waals surface area contributed by atoms with Crippen LogP contribution in [0.25, 0.3) is 0 Å². The minimum Gasteiger partial charge on any atom is -0.355 e. The number of likely N-dealkylation sites (N-methyl/N-ethyl adjacent to an activating group) is 1. The van der Waals surface area contributed by atoms with E-state index in [0.29, 0.717) is 12.3 Å². The Bertz CT molecular complexity index is 271. The highest BCUT2D eigenvalue weighted by Crippen LogP contribution is 2.21. The summed E-state index contributed by atoms with van der Waals surface area (Å²) in [5.41, 5.74) is 5.63. The van der Waals surface area contributed by atoms with Crippen molar-refractivity contribution in [2.24, 2.45) is 11.7 Å². The number of carbonyl (C=O) groups excluding carboxylic acids is 1. The summed E-state index contributed by atoms with van der Waals surface area (Å²) < 4.78 is 0. The molecule has 0 aromatic rings. The monoisotopic (exact) mass is 297 g/mol. The fourth-order valence-corrected chi connectivity index (χ4v) is 3.40. The summed E-state index contributed by atoms with van der Waals surface area (Å²) in [5, 5.41) is 3.06. The smallest absolute Gasteiger partial charge is 0.220 e. The van der Waals surface area contributed by atoms with Crippen LogP contribution in [0.5, 0.6) is 0 Å². The number of hydrogen-bond acceptors (Lipinski definition) is 3. The van der Waals surface area contributed by atoms with Crippen LogP contribution in [0.2, 0.25) is 0 Å². The Morgan fingerprint density at radius 3 is 2.62 bits per heavy atom. The molecule has 1 rings (SSSR count). The van der Waals surface area contributed by atoms with Gasteiger partial charge in [-0.15, -0.1) is 0 Å². The van der Waals surface area contributed by atoms with E-state index < -0.39 is 0 Å². The summed E-state index contributed by atoms with van der Waals surface area (Å²) in [6.07, 6.45) is 10.4. The zero-order valence-electron chi connectivity index (χ0n) is 14.1. The second-order valence-electron chi connectivity index (χ2n) is 6.54. The number of hydrogen-bond donors (Lipinski definition) is 2. The maximum atomic E-state index is 11.9. The van der Waals surface area contributed by atoms with Crippen LogP contribution in [0.3, 0.4) is 0 Å². The summed E-state index contributed by atoms with van der Waals surface area (Å²) in [5.74, 6) is 0.819. The fraction of sp³-hybridized carbons (Fsp3) is 0.941. The zero-order chi connectivity index (χ0) is 15.5. The van der Waals surface area contributed by atoms with Gasteiger partial charge in [0.1, 0.15) is 0 Å². The van der Waals surface area contributed by atoms with Crippen LogP contribution in [0, 0.1) is 5.92 Å². The van der Waals surface area contributed by atoms with E-state index in [-0.39, 0.29) is 5.91 Å². The van der Waals surface area contributed by atoms with Crippen molar-refractivity contribution in [1.82, 2.24) is 10.2 Å². The highest BCUT2D eigenvalue weighted by molar-refractivity contribution is 5.75. The number of nitrogens with zero attached hydrogens (tertiary/aromatic N) is 1. The quantitative estimate of drug-likeness (QED) is 0.616. The molecule has 124 valence electrons. The summed E-state index contributed by atoms with van der Waals surface area (Å²) in [7, 11) is 2.18. The van der Waals surface area contributed by atoms with Gasteiger partial charge >= 0.3 is 0 Å². The van der Waals surface area contributed by atoms with E-state index in [1.807, 2.05) is 0 Å². The van der Waals surface area contributed by atoms with E-state index in [1.54, 1.807) is 0 Å². The Hall–Kier alpha value is -0.610. The summed E-state index contributed by atoms with van der Waals surface area (Å²) >= 11 is 0. The lowest BCUT2D eigenvalue weighted by Crippen LogP contribution is -2.37. The summed E-state index contributed by atoms with van der Waals surface area (Å²) in [4.78, 5) is 14.3. The van der Waals surface area contributed by atoms with E-state index in [9.17, 15) is 4.79 Å². The van der Waals surface area contributed by atoms with Crippen LogP contribution in [-0.4, -0.2) is 43.5 Å². The highest BCUT2D eigenvalue weighted by Gasteiger charge is 2.19. The first-order chi connectivity index (χ1) is 10.2. The van der Waals surface area contributed by atoms with Crippen molar-refractivity contribution >= 4 is 5.91 Å². The lowest BCUT2D eigenvalue weighted by atomic mass is 9.94. The summed E-state index contributed by atoms with van der Waals surface area (Å²) in [6, 6.07) is 0.736. The van der Waals surface area contributed by atoms with Gasteiger partial charge in [-0.3, -0.25) is 4.79 Å². The second kappa shape index (κ2) is 11.0. The number of rotatable bonds is 11. The third-order valence-corrected chi connectivity index (χ3v) is 4.79. The van der Waals surface area contributed by atoms with Gasteiger partial charge < -0.3 is 16.0 Å². The first kappa shape index (κ1) is 18.4. The van der Waals surface area contributed by atoms with Crippen molar-refractivity contribution in [3.63, 3.8) is 0 Å². The molecule has 0 bridgehead atoms. The molecule has 3 N–H and O–H groups in total.